The molecule has 0 saturated heterocycles. The normalized spacial score (nSPS) is 11.2. The summed E-state index contributed by atoms with van der Waals surface area (Å²) in [5.41, 5.74) is 4.88. The number of rotatable bonds is 3. The molecule has 2 heterocycles. The first-order chi connectivity index (χ1) is 11.6. The smallest absolute Gasteiger partial charge is 0.294 e. The van der Waals surface area contributed by atoms with Crippen LogP contribution >= 0.6 is 22.9 Å². The van der Waals surface area contributed by atoms with Crippen LogP contribution in [0.1, 0.15) is 11.3 Å². The van der Waals surface area contributed by atoms with Crippen molar-refractivity contribution < 1.29 is 0 Å². The van der Waals surface area contributed by atoms with Crippen LogP contribution in [0.25, 0.3) is 21.5 Å². The number of aromatic nitrogens is 3. The first kappa shape index (κ1) is 15.2. The van der Waals surface area contributed by atoms with Gasteiger partial charge in [-0.05, 0) is 42.8 Å². The number of thiazole rings is 1. The summed E-state index contributed by atoms with van der Waals surface area (Å²) in [6.45, 7) is 2.48. The number of H-pyrrole nitrogens is 1. The van der Waals surface area contributed by atoms with Crippen LogP contribution in [0.15, 0.2) is 53.3 Å². The fourth-order valence-corrected chi connectivity index (χ4v) is 3.80. The lowest BCUT2D eigenvalue weighted by Crippen LogP contribution is -2.13. The molecule has 0 aliphatic rings. The second kappa shape index (κ2) is 5.92. The summed E-state index contributed by atoms with van der Waals surface area (Å²) in [4.78, 5) is 12.4. The molecule has 2 aromatic carbocycles. The van der Waals surface area contributed by atoms with Gasteiger partial charge >= 0.3 is 4.87 Å². The third kappa shape index (κ3) is 2.77. The van der Waals surface area contributed by atoms with E-state index in [1.807, 2.05) is 49.4 Å². The maximum atomic E-state index is 12.3. The van der Waals surface area contributed by atoms with Gasteiger partial charge in [-0.2, -0.15) is 5.10 Å². The Morgan fingerprint density at radius 2 is 2.08 bits per heavy atom. The zero-order valence-corrected chi connectivity index (χ0v) is 14.5. The third-order valence-electron chi connectivity index (χ3n) is 3.90. The minimum Gasteiger partial charge on any atom is -0.294 e. The van der Waals surface area contributed by atoms with Crippen LogP contribution in [0.4, 0.5) is 0 Å². The molecule has 0 atom stereocenters. The molecule has 0 fully saturated rings. The molecular weight excluding hydrogens is 342 g/mol. The van der Waals surface area contributed by atoms with Crippen molar-refractivity contribution in [3.05, 3.63) is 74.5 Å². The summed E-state index contributed by atoms with van der Waals surface area (Å²) in [6, 6.07) is 15.6. The van der Waals surface area contributed by atoms with E-state index in [1.54, 1.807) is 4.57 Å². The molecule has 0 saturated carbocycles. The molecule has 0 aliphatic heterocycles. The molecule has 24 heavy (non-hydrogen) atoms. The van der Waals surface area contributed by atoms with Gasteiger partial charge in [-0.15, -0.1) is 0 Å². The van der Waals surface area contributed by atoms with Crippen LogP contribution in [-0.2, 0) is 6.54 Å². The van der Waals surface area contributed by atoms with Crippen LogP contribution in [0.5, 0.6) is 0 Å². The van der Waals surface area contributed by atoms with Crippen molar-refractivity contribution in [2.24, 2.45) is 0 Å². The Hall–Kier alpha value is -2.37. The summed E-state index contributed by atoms with van der Waals surface area (Å²) in [7, 11) is 0. The Bertz CT molecular complexity index is 1090. The molecule has 0 unspecified atom stereocenters. The SMILES string of the molecule is Cc1cc(-c2cccc(Cn3c(=O)sc4ccc(Cl)cc43)c2)n[nH]1. The quantitative estimate of drug-likeness (QED) is 0.589. The molecule has 0 radical (unpaired) electrons. The average molecular weight is 356 g/mol. The van der Waals surface area contributed by atoms with E-state index >= 15 is 0 Å². The zero-order valence-electron chi connectivity index (χ0n) is 12.9. The van der Waals surface area contributed by atoms with Crippen molar-refractivity contribution >= 4 is 33.2 Å². The van der Waals surface area contributed by atoms with Gasteiger partial charge in [0.2, 0.25) is 0 Å². The van der Waals surface area contributed by atoms with Crippen molar-refractivity contribution in [3.63, 3.8) is 0 Å². The number of fused-ring (bicyclic) bond motifs is 1. The number of aryl methyl sites for hydroxylation is 1. The monoisotopic (exact) mass is 355 g/mol. The fourth-order valence-electron chi connectivity index (χ4n) is 2.76. The topological polar surface area (TPSA) is 50.7 Å². The Morgan fingerprint density at radius 1 is 1.21 bits per heavy atom. The maximum absolute atomic E-state index is 12.3. The summed E-state index contributed by atoms with van der Waals surface area (Å²) < 4.78 is 2.71. The zero-order chi connectivity index (χ0) is 16.7. The Kier molecular flexibility index (Phi) is 3.75. The number of nitrogens with one attached hydrogen (secondary N) is 1. The lowest BCUT2D eigenvalue weighted by atomic mass is 10.1. The fraction of sp³-hybridized carbons (Fsp3) is 0.111. The number of halogens is 1. The molecule has 0 aliphatic carbocycles. The van der Waals surface area contributed by atoms with E-state index in [2.05, 4.69) is 16.3 Å². The van der Waals surface area contributed by atoms with E-state index in [-0.39, 0.29) is 4.87 Å². The van der Waals surface area contributed by atoms with Gasteiger partial charge in [0.05, 0.1) is 22.5 Å². The van der Waals surface area contributed by atoms with Crippen molar-refractivity contribution in [2.75, 3.05) is 0 Å². The molecule has 4 aromatic rings. The van der Waals surface area contributed by atoms with Gasteiger partial charge in [-0.25, -0.2) is 0 Å². The minimum absolute atomic E-state index is 0.0216. The molecule has 4 rings (SSSR count). The molecule has 0 spiro atoms. The summed E-state index contributed by atoms with van der Waals surface area (Å²) in [6.07, 6.45) is 0. The molecule has 120 valence electrons. The van der Waals surface area contributed by atoms with E-state index in [9.17, 15) is 4.79 Å². The van der Waals surface area contributed by atoms with Crippen LogP contribution in [-0.4, -0.2) is 14.8 Å². The third-order valence-corrected chi connectivity index (χ3v) is 5.09. The average Bonchev–Trinajstić information content (AvgIpc) is 3.12. The molecule has 0 bridgehead atoms. The van der Waals surface area contributed by atoms with Crippen molar-refractivity contribution in [1.29, 1.82) is 0 Å². The first-order valence-electron chi connectivity index (χ1n) is 7.50. The highest BCUT2D eigenvalue weighted by Crippen LogP contribution is 2.24. The van der Waals surface area contributed by atoms with Crippen molar-refractivity contribution in [1.82, 2.24) is 14.8 Å². The van der Waals surface area contributed by atoms with E-state index in [1.165, 1.54) is 11.3 Å². The minimum atomic E-state index is 0.0216. The van der Waals surface area contributed by atoms with Crippen LogP contribution < -0.4 is 4.87 Å². The first-order valence-corrected chi connectivity index (χ1v) is 8.70. The van der Waals surface area contributed by atoms with Crippen LogP contribution in [0, 0.1) is 6.92 Å². The van der Waals surface area contributed by atoms with Gasteiger partial charge in [-0.3, -0.25) is 14.5 Å². The molecular formula is C18H14ClN3OS. The number of nitrogens with zero attached hydrogens (tertiary/aromatic N) is 2. The Labute approximate surface area is 147 Å². The van der Waals surface area contributed by atoms with Gasteiger partial charge < -0.3 is 0 Å². The van der Waals surface area contributed by atoms with Crippen molar-refractivity contribution in [3.8, 4) is 11.3 Å². The lowest BCUT2D eigenvalue weighted by Gasteiger charge is -2.06. The summed E-state index contributed by atoms with van der Waals surface area (Å²) >= 11 is 7.33. The maximum Gasteiger partial charge on any atom is 0.308 e. The van der Waals surface area contributed by atoms with Crippen molar-refractivity contribution in [2.45, 2.75) is 13.5 Å². The number of hydrogen-bond donors (Lipinski definition) is 1. The largest absolute Gasteiger partial charge is 0.308 e. The molecule has 2 aromatic heterocycles. The summed E-state index contributed by atoms with van der Waals surface area (Å²) in [5.74, 6) is 0. The number of hydrogen-bond acceptors (Lipinski definition) is 3. The van der Waals surface area contributed by atoms with E-state index in [4.69, 9.17) is 11.6 Å². The van der Waals surface area contributed by atoms with Gasteiger partial charge in [0.1, 0.15) is 0 Å². The van der Waals surface area contributed by atoms with Gasteiger partial charge in [0.15, 0.2) is 0 Å². The highest BCUT2D eigenvalue weighted by molar-refractivity contribution is 7.16. The number of aromatic amines is 1. The predicted molar refractivity (Wildman–Crippen MR) is 99.0 cm³/mol. The highest BCUT2D eigenvalue weighted by atomic mass is 35.5. The van der Waals surface area contributed by atoms with Crippen LogP contribution in [0.2, 0.25) is 5.02 Å². The molecule has 4 nitrogen and oxygen atoms in total. The second-order valence-electron chi connectivity index (χ2n) is 5.70. The van der Waals surface area contributed by atoms with Crippen LogP contribution in [0.3, 0.4) is 0 Å². The van der Waals surface area contributed by atoms with E-state index < -0.39 is 0 Å². The number of benzene rings is 2. The standard InChI is InChI=1S/C18H14ClN3OS/c1-11-7-15(21-20-11)13-4-2-3-12(8-13)10-22-16-9-14(19)5-6-17(16)24-18(22)23/h2-9H,10H2,1H3,(H,20,21). The van der Waals surface area contributed by atoms with Gasteiger partial charge in [0.25, 0.3) is 0 Å². The van der Waals surface area contributed by atoms with E-state index in [0.717, 1.165) is 32.7 Å². The van der Waals surface area contributed by atoms with Gasteiger partial charge in [0, 0.05) is 16.3 Å². The predicted octanol–water partition coefficient (Wildman–Crippen LogP) is 4.46. The lowest BCUT2D eigenvalue weighted by molar-refractivity contribution is 0.816. The molecule has 1 N–H and O–H groups in total. The van der Waals surface area contributed by atoms with E-state index in [0.29, 0.717) is 11.6 Å². The highest BCUT2D eigenvalue weighted by Gasteiger charge is 2.10. The molecule has 0 amide bonds. The Morgan fingerprint density at radius 3 is 2.88 bits per heavy atom. The summed E-state index contributed by atoms with van der Waals surface area (Å²) in [5, 5.41) is 7.88. The van der Waals surface area contributed by atoms with Gasteiger partial charge in [-0.1, -0.05) is 41.1 Å². The Balaban J connectivity index is 1.75. The molecule has 6 heteroatoms. The second-order valence-corrected chi connectivity index (χ2v) is 7.13.